The molecule has 31 heavy (non-hydrogen) atoms. The lowest BCUT2D eigenvalue weighted by Gasteiger charge is -2.29. The first-order valence-electron chi connectivity index (χ1n) is 10.7. The fourth-order valence-electron chi connectivity index (χ4n) is 3.07. The van der Waals surface area contributed by atoms with Gasteiger partial charge in [-0.25, -0.2) is 0 Å². The standard InChI is InChI=1S/C25H33ClN2O3/c1-6-15-27-24(30)18(2)28(16-19-9-7-8-10-22(19)26)23(29)17-31-21-13-11-20(12-14-21)25(3,4)5/h7-14,18H,6,15-17H2,1-5H3,(H,27,30). The average Bonchev–Trinajstić information content (AvgIpc) is 2.74. The molecule has 1 unspecified atom stereocenters. The molecule has 0 aliphatic carbocycles. The maximum atomic E-state index is 13.1. The molecule has 6 heteroatoms. The summed E-state index contributed by atoms with van der Waals surface area (Å²) in [4.78, 5) is 27.1. The molecule has 0 heterocycles. The zero-order valence-corrected chi connectivity index (χ0v) is 19.8. The van der Waals surface area contributed by atoms with Gasteiger partial charge in [0.1, 0.15) is 11.8 Å². The number of amides is 2. The Balaban J connectivity index is 2.13. The second-order valence-electron chi connectivity index (χ2n) is 8.64. The van der Waals surface area contributed by atoms with Gasteiger partial charge in [-0.3, -0.25) is 9.59 Å². The van der Waals surface area contributed by atoms with Crippen LogP contribution in [0.25, 0.3) is 0 Å². The summed E-state index contributed by atoms with van der Waals surface area (Å²) in [5.74, 6) is 0.137. The van der Waals surface area contributed by atoms with Crippen LogP contribution in [0, 0.1) is 0 Å². The molecule has 2 aromatic rings. The third-order valence-corrected chi connectivity index (χ3v) is 5.47. The van der Waals surface area contributed by atoms with Crippen molar-refractivity contribution in [3.63, 3.8) is 0 Å². The van der Waals surface area contributed by atoms with E-state index in [0.717, 1.165) is 12.0 Å². The Morgan fingerprint density at radius 3 is 2.32 bits per heavy atom. The molecular formula is C25H33ClN2O3. The first-order valence-corrected chi connectivity index (χ1v) is 11.0. The van der Waals surface area contributed by atoms with Crippen molar-refractivity contribution in [1.82, 2.24) is 10.2 Å². The predicted octanol–water partition coefficient (Wildman–Crippen LogP) is 4.96. The second kappa shape index (κ2) is 11.2. The minimum atomic E-state index is -0.651. The summed E-state index contributed by atoms with van der Waals surface area (Å²) in [5, 5.41) is 3.41. The first kappa shape index (κ1) is 24.7. The summed E-state index contributed by atoms with van der Waals surface area (Å²) >= 11 is 6.30. The molecule has 1 N–H and O–H groups in total. The summed E-state index contributed by atoms with van der Waals surface area (Å²) in [6.45, 7) is 10.8. The van der Waals surface area contributed by atoms with Gasteiger partial charge in [-0.2, -0.15) is 0 Å². The highest BCUT2D eigenvalue weighted by molar-refractivity contribution is 6.31. The average molecular weight is 445 g/mol. The van der Waals surface area contributed by atoms with Crippen LogP contribution in [0.4, 0.5) is 0 Å². The number of carbonyl (C=O) groups is 2. The highest BCUT2D eigenvalue weighted by Crippen LogP contribution is 2.24. The van der Waals surface area contributed by atoms with E-state index < -0.39 is 6.04 Å². The highest BCUT2D eigenvalue weighted by Gasteiger charge is 2.27. The van der Waals surface area contributed by atoms with E-state index in [-0.39, 0.29) is 30.4 Å². The Morgan fingerprint density at radius 2 is 1.74 bits per heavy atom. The number of ether oxygens (including phenoxy) is 1. The Morgan fingerprint density at radius 1 is 1.10 bits per heavy atom. The Bertz CT molecular complexity index is 875. The lowest BCUT2D eigenvalue weighted by Crippen LogP contribution is -2.49. The minimum Gasteiger partial charge on any atom is -0.484 e. The van der Waals surface area contributed by atoms with E-state index in [1.165, 1.54) is 10.5 Å². The van der Waals surface area contributed by atoms with E-state index in [9.17, 15) is 9.59 Å². The predicted molar refractivity (Wildman–Crippen MR) is 125 cm³/mol. The number of rotatable bonds is 9. The fraction of sp³-hybridized carbons (Fsp3) is 0.440. The summed E-state index contributed by atoms with van der Waals surface area (Å²) in [7, 11) is 0. The van der Waals surface area contributed by atoms with Gasteiger partial charge >= 0.3 is 0 Å². The molecule has 2 rings (SSSR count). The van der Waals surface area contributed by atoms with E-state index in [4.69, 9.17) is 16.3 Å². The molecule has 168 valence electrons. The van der Waals surface area contributed by atoms with Crippen LogP contribution >= 0.6 is 11.6 Å². The lowest BCUT2D eigenvalue weighted by atomic mass is 9.87. The number of halogens is 1. The van der Waals surface area contributed by atoms with Gasteiger partial charge in [0.15, 0.2) is 6.61 Å². The van der Waals surface area contributed by atoms with Crippen molar-refractivity contribution < 1.29 is 14.3 Å². The monoisotopic (exact) mass is 444 g/mol. The van der Waals surface area contributed by atoms with Crippen molar-refractivity contribution >= 4 is 23.4 Å². The van der Waals surface area contributed by atoms with Gasteiger partial charge in [-0.15, -0.1) is 0 Å². The Hall–Kier alpha value is -2.53. The van der Waals surface area contributed by atoms with Crippen LogP contribution in [0.5, 0.6) is 5.75 Å². The molecule has 0 bridgehead atoms. The van der Waals surface area contributed by atoms with Gasteiger partial charge in [0, 0.05) is 18.1 Å². The maximum absolute atomic E-state index is 13.1. The Kier molecular flexibility index (Phi) is 8.93. The molecule has 0 radical (unpaired) electrons. The van der Waals surface area contributed by atoms with E-state index >= 15 is 0 Å². The van der Waals surface area contributed by atoms with E-state index in [1.807, 2.05) is 49.4 Å². The van der Waals surface area contributed by atoms with Crippen LogP contribution in [-0.4, -0.2) is 35.9 Å². The SMILES string of the molecule is CCCNC(=O)C(C)N(Cc1ccccc1Cl)C(=O)COc1ccc(C(C)(C)C)cc1. The van der Waals surface area contributed by atoms with Crippen LogP contribution < -0.4 is 10.1 Å². The molecule has 0 aliphatic rings. The summed E-state index contributed by atoms with van der Waals surface area (Å²) in [6, 6.07) is 14.4. The number of nitrogens with one attached hydrogen (secondary N) is 1. The van der Waals surface area contributed by atoms with Crippen LogP contribution in [0.2, 0.25) is 5.02 Å². The van der Waals surface area contributed by atoms with Crippen molar-refractivity contribution in [1.29, 1.82) is 0 Å². The number of carbonyl (C=O) groups excluding carboxylic acids is 2. The molecule has 0 saturated carbocycles. The molecular weight excluding hydrogens is 412 g/mol. The summed E-state index contributed by atoms with van der Waals surface area (Å²) in [5.41, 5.74) is 2.01. The Labute approximate surface area is 190 Å². The number of hydrogen-bond donors (Lipinski definition) is 1. The second-order valence-corrected chi connectivity index (χ2v) is 9.05. The van der Waals surface area contributed by atoms with Gasteiger partial charge in [0.25, 0.3) is 5.91 Å². The molecule has 0 saturated heterocycles. The van der Waals surface area contributed by atoms with Gasteiger partial charge in [-0.1, -0.05) is 69.6 Å². The van der Waals surface area contributed by atoms with Crippen LogP contribution in [0.3, 0.4) is 0 Å². The van der Waals surface area contributed by atoms with Crippen molar-refractivity contribution in [3.05, 3.63) is 64.7 Å². The van der Waals surface area contributed by atoms with Crippen LogP contribution in [0.1, 0.15) is 52.2 Å². The van der Waals surface area contributed by atoms with Crippen molar-refractivity contribution in [2.24, 2.45) is 0 Å². The number of hydrogen-bond acceptors (Lipinski definition) is 3. The normalized spacial score (nSPS) is 12.2. The van der Waals surface area contributed by atoms with Gasteiger partial charge in [0.05, 0.1) is 0 Å². The van der Waals surface area contributed by atoms with Crippen LogP contribution in [-0.2, 0) is 21.5 Å². The molecule has 0 fully saturated rings. The third kappa shape index (κ3) is 7.28. The van der Waals surface area contributed by atoms with Gasteiger partial charge in [0.2, 0.25) is 5.91 Å². The van der Waals surface area contributed by atoms with Crippen LogP contribution in [0.15, 0.2) is 48.5 Å². The number of nitrogens with zero attached hydrogens (tertiary/aromatic N) is 1. The van der Waals surface area contributed by atoms with E-state index in [0.29, 0.717) is 17.3 Å². The van der Waals surface area contributed by atoms with Gasteiger partial charge < -0.3 is 15.0 Å². The van der Waals surface area contributed by atoms with Gasteiger partial charge in [-0.05, 0) is 48.1 Å². The molecule has 5 nitrogen and oxygen atoms in total. The van der Waals surface area contributed by atoms with E-state index in [2.05, 4.69) is 26.1 Å². The van der Waals surface area contributed by atoms with Crippen molar-refractivity contribution in [2.45, 2.75) is 59.0 Å². The molecule has 0 spiro atoms. The summed E-state index contributed by atoms with van der Waals surface area (Å²) in [6.07, 6.45) is 0.824. The quantitative estimate of drug-likeness (QED) is 0.594. The topological polar surface area (TPSA) is 58.6 Å². The smallest absolute Gasteiger partial charge is 0.261 e. The largest absolute Gasteiger partial charge is 0.484 e. The molecule has 2 amide bonds. The molecule has 2 aromatic carbocycles. The first-order chi connectivity index (χ1) is 14.6. The minimum absolute atomic E-state index is 0.0430. The molecule has 1 atom stereocenters. The summed E-state index contributed by atoms with van der Waals surface area (Å²) < 4.78 is 5.74. The zero-order chi connectivity index (χ0) is 23.0. The van der Waals surface area contributed by atoms with Crippen molar-refractivity contribution in [2.75, 3.05) is 13.2 Å². The molecule has 0 aromatic heterocycles. The highest BCUT2D eigenvalue weighted by atomic mass is 35.5. The fourth-order valence-corrected chi connectivity index (χ4v) is 3.26. The lowest BCUT2D eigenvalue weighted by molar-refractivity contribution is -0.142. The number of benzene rings is 2. The third-order valence-electron chi connectivity index (χ3n) is 5.10. The maximum Gasteiger partial charge on any atom is 0.261 e. The zero-order valence-electron chi connectivity index (χ0n) is 19.1. The van der Waals surface area contributed by atoms with Crippen molar-refractivity contribution in [3.8, 4) is 5.75 Å². The van der Waals surface area contributed by atoms with E-state index in [1.54, 1.807) is 13.0 Å². The molecule has 0 aliphatic heterocycles.